The highest BCUT2D eigenvalue weighted by Crippen LogP contribution is 2.32. The van der Waals surface area contributed by atoms with Gasteiger partial charge in [0.05, 0.1) is 12.6 Å². The summed E-state index contributed by atoms with van der Waals surface area (Å²) in [6, 6.07) is 5.46. The number of nitrogens with two attached hydrogens (primary N) is 1. The van der Waals surface area contributed by atoms with Gasteiger partial charge < -0.3 is 10.5 Å². The van der Waals surface area contributed by atoms with Gasteiger partial charge in [-0.15, -0.1) is 5.10 Å². The van der Waals surface area contributed by atoms with Crippen molar-refractivity contribution < 1.29 is 4.74 Å². The summed E-state index contributed by atoms with van der Waals surface area (Å²) in [4.78, 5) is 0. The highest BCUT2D eigenvalue weighted by molar-refractivity contribution is 6.31. The van der Waals surface area contributed by atoms with Crippen LogP contribution in [0.15, 0.2) is 18.2 Å². The lowest BCUT2D eigenvalue weighted by atomic mass is 10.0. The lowest BCUT2D eigenvalue weighted by Gasteiger charge is -2.19. The molecule has 2 unspecified atom stereocenters. The molecule has 2 aromatic rings. The first-order valence-electron chi connectivity index (χ1n) is 6.58. The maximum Gasteiger partial charge on any atom is 0.184 e. The van der Waals surface area contributed by atoms with Gasteiger partial charge in [-0.3, -0.25) is 0 Å². The molecule has 1 aromatic carbocycles. The van der Waals surface area contributed by atoms with Gasteiger partial charge in [0.25, 0.3) is 0 Å². The largest absolute Gasteiger partial charge is 0.398 e. The number of anilines is 1. The van der Waals surface area contributed by atoms with E-state index in [9.17, 15) is 0 Å². The number of ether oxygens (including phenoxy) is 1. The van der Waals surface area contributed by atoms with E-state index < -0.39 is 0 Å². The third kappa shape index (κ3) is 2.36. The van der Waals surface area contributed by atoms with Gasteiger partial charge in [0.1, 0.15) is 0 Å². The third-order valence-electron chi connectivity index (χ3n) is 3.78. The van der Waals surface area contributed by atoms with Crippen LogP contribution in [0.2, 0.25) is 5.02 Å². The van der Waals surface area contributed by atoms with E-state index in [4.69, 9.17) is 22.1 Å². The third-order valence-corrected chi connectivity index (χ3v) is 4.02. The Hall–Kier alpha value is -1.66. The van der Waals surface area contributed by atoms with Crippen LogP contribution in [0.1, 0.15) is 19.4 Å². The highest BCUT2D eigenvalue weighted by atomic mass is 35.5. The molecule has 2 heterocycles. The molecule has 1 aliphatic heterocycles. The summed E-state index contributed by atoms with van der Waals surface area (Å²) in [5.41, 5.74) is 7.38. The van der Waals surface area contributed by atoms with Crippen molar-refractivity contribution in [3.05, 3.63) is 23.2 Å². The van der Waals surface area contributed by atoms with Gasteiger partial charge in [-0.2, -0.15) is 0 Å². The van der Waals surface area contributed by atoms with Crippen molar-refractivity contribution in [2.24, 2.45) is 5.92 Å². The van der Waals surface area contributed by atoms with Crippen LogP contribution < -0.4 is 5.73 Å². The fourth-order valence-electron chi connectivity index (χ4n) is 2.50. The average molecular weight is 294 g/mol. The molecule has 0 bridgehead atoms. The maximum atomic E-state index is 6.04. The van der Waals surface area contributed by atoms with Crippen molar-refractivity contribution in [1.82, 2.24) is 20.2 Å². The Bertz CT molecular complexity index is 609. The molecule has 1 aliphatic rings. The predicted octanol–water partition coefficient (Wildman–Crippen LogP) is 2.17. The first-order chi connectivity index (χ1) is 9.66. The van der Waals surface area contributed by atoms with E-state index in [1.807, 2.05) is 0 Å². The van der Waals surface area contributed by atoms with Crippen LogP contribution in [-0.2, 0) is 4.74 Å². The smallest absolute Gasteiger partial charge is 0.184 e. The van der Waals surface area contributed by atoms with E-state index in [2.05, 4.69) is 22.4 Å². The molecule has 2 atom stereocenters. The van der Waals surface area contributed by atoms with Crippen LogP contribution in [0.5, 0.6) is 0 Å². The van der Waals surface area contributed by atoms with Gasteiger partial charge in [-0.05, 0) is 42.0 Å². The van der Waals surface area contributed by atoms with E-state index in [0.29, 0.717) is 22.5 Å². The molecule has 7 heteroatoms. The molecule has 2 N–H and O–H groups in total. The lowest BCUT2D eigenvalue weighted by molar-refractivity contribution is 0.173. The number of aromatic nitrogens is 4. The van der Waals surface area contributed by atoms with Gasteiger partial charge in [0, 0.05) is 28.8 Å². The molecule has 0 saturated carbocycles. The monoisotopic (exact) mass is 293 g/mol. The Balaban J connectivity index is 1.99. The number of halogens is 1. The predicted molar refractivity (Wildman–Crippen MR) is 76.3 cm³/mol. The van der Waals surface area contributed by atoms with Gasteiger partial charge >= 0.3 is 0 Å². The zero-order chi connectivity index (χ0) is 14.1. The molecule has 20 heavy (non-hydrogen) atoms. The number of rotatable bonds is 3. The summed E-state index contributed by atoms with van der Waals surface area (Å²) in [5, 5.41) is 12.6. The van der Waals surface area contributed by atoms with Crippen molar-refractivity contribution in [2.45, 2.75) is 19.4 Å². The van der Waals surface area contributed by atoms with Gasteiger partial charge in [-0.25, -0.2) is 4.68 Å². The summed E-state index contributed by atoms with van der Waals surface area (Å²) < 4.78 is 7.24. The van der Waals surface area contributed by atoms with E-state index in [0.717, 1.165) is 25.2 Å². The van der Waals surface area contributed by atoms with Crippen LogP contribution >= 0.6 is 11.6 Å². The van der Waals surface area contributed by atoms with Crippen molar-refractivity contribution in [1.29, 1.82) is 0 Å². The summed E-state index contributed by atoms with van der Waals surface area (Å²) >= 11 is 6.04. The molecule has 1 fully saturated rings. The standard InChI is InChI=1S/C13H16ClN5O/c1-8(9-4-5-20-7-9)19-13(16-17-18-19)11-6-10(14)2-3-12(11)15/h2-3,6,8-9H,4-5,7,15H2,1H3. The van der Waals surface area contributed by atoms with Gasteiger partial charge in [-0.1, -0.05) is 11.6 Å². The van der Waals surface area contributed by atoms with Crippen LogP contribution in [0.25, 0.3) is 11.4 Å². The number of tetrazole rings is 1. The number of benzene rings is 1. The highest BCUT2D eigenvalue weighted by Gasteiger charge is 2.27. The minimum absolute atomic E-state index is 0.154. The Morgan fingerprint density at radius 2 is 2.35 bits per heavy atom. The molecule has 1 aromatic heterocycles. The second-order valence-corrected chi connectivity index (χ2v) is 5.48. The maximum absolute atomic E-state index is 6.04. The Kier molecular flexibility index (Phi) is 3.58. The molecule has 0 radical (unpaired) electrons. The molecule has 3 rings (SSSR count). The fourth-order valence-corrected chi connectivity index (χ4v) is 2.67. The zero-order valence-electron chi connectivity index (χ0n) is 11.2. The van der Waals surface area contributed by atoms with Gasteiger partial charge in [0.2, 0.25) is 0 Å². The second-order valence-electron chi connectivity index (χ2n) is 5.04. The van der Waals surface area contributed by atoms with Crippen LogP contribution in [-0.4, -0.2) is 33.4 Å². The first kappa shape index (κ1) is 13.3. The van der Waals surface area contributed by atoms with E-state index in [1.165, 1.54) is 0 Å². The van der Waals surface area contributed by atoms with Crippen molar-refractivity contribution in [3.63, 3.8) is 0 Å². The molecule has 6 nitrogen and oxygen atoms in total. The number of hydrogen-bond acceptors (Lipinski definition) is 5. The molecule has 106 valence electrons. The lowest BCUT2D eigenvalue weighted by Crippen LogP contribution is -2.19. The van der Waals surface area contributed by atoms with E-state index in [1.54, 1.807) is 22.9 Å². The fraction of sp³-hybridized carbons (Fsp3) is 0.462. The number of nitrogens with zero attached hydrogens (tertiary/aromatic N) is 4. The van der Waals surface area contributed by atoms with E-state index >= 15 is 0 Å². The summed E-state index contributed by atoms with van der Waals surface area (Å²) in [5.74, 6) is 1.06. The first-order valence-corrected chi connectivity index (χ1v) is 6.95. The Morgan fingerprint density at radius 3 is 3.10 bits per heavy atom. The minimum atomic E-state index is 0.154. The van der Waals surface area contributed by atoms with Crippen molar-refractivity contribution in [2.75, 3.05) is 18.9 Å². The van der Waals surface area contributed by atoms with Crippen LogP contribution in [0, 0.1) is 5.92 Å². The average Bonchev–Trinajstić information content (AvgIpc) is 3.11. The molecular weight excluding hydrogens is 278 g/mol. The summed E-state index contributed by atoms with van der Waals surface area (Å²) in [7, 11) is 0. The Labute approximate surface area is 121 Å². The zero-order valence-corrected chi connectivity index (χ0v) is 11.9. The summed E-state index contributed by atoms with van der Waals surface area (Å²) in [6.45, 7) is 3.64. The Morgan fingerprint density at radius 1 is 1.50 bits per heavy atom. The van der Waals surface area contributed by atoms with Crippen molar-refractivity contribution >= 4 is 17.3 Å². The number of nitrogen functional groups attached to an aromatic ring is 1. The summed E-state index contributed by atoms with van der Waals surface area (Å²) in [6.07, 6.45) is 1.02. The van der Waals surface area contributed by atoms with Crippen molar-refractivity contribution in [3.8, 4) is 11.4 Å². The molecule has 0 amide bonds. The molecule has 0 spiro atoms. The van der Waals surface area contributed by atoms with Crippen LogP contribution in [0.4, 0.5) is 5.69 Å². The second kappa shape index (κ2) is 5.38. The SMILES string of the molecule is CC(C1CCOC1)n1nnnc1-c1cc(Cl)ccc1N. The number of hydrogen-bond donors (Lipinski definition) is 1. The quantitative estimate of drug-likeness (QED) is 0.878. The van der Waals surface area contributed by atoms with E-state index in [-0.39, 0.29) is 6.04 Å². The molecular formula is C13H16ClN5O. The minimum Gasteiger partial charge on any atom is -0.398 e. The molecule has 1 saturated heterocycles. The topological polar surface area (TPSA) is 78.8 Å². The molecule has 0 aliphatic carbocycles. The van der Waals surface area contributed by atoms with Gasteiger partial charge in [0.15, 0.2) is 5.82 Å². The normalized spacial score (nSPS) is 20.2. The van der Waals surface area contributed by atoms with Crippen LogP contribution in [0.3, 0.4) is 0 Å².